The number of benzene rings is 2. The van der Waals surface area contributed by atoms with E-state index in [-0.39, 0.29) is 11.9 Å². The summed E-state index contributed by atoms with van der Waals surface area (Å²) in [5.41, 5.74) is 1.68. The van der Waals surface area contributed by atoms with Crippen LogP contribution in [0.15, 0.2) is 60.8 Å². The molecule has 3 rings (SSSR count). The zero-order valence-electron chi connectivity index (χ0n) is 18.0. The Kier molecular flexibility index (Phi) is 10.1. The molecule has 0 fully saturated rings. The van der Waals surface area contributed by atoms with Gasteiger partial charge in [-0.25, -0.2) is 0 Å². The van der Waals surface area contributed by atoms with Crippen LogP contribution < -0.4 is 9.47 Å². The summed E-state index contributed by atoms with van der Waals surface area (Å²) in [6, 6.07) is 16.9. The van der Waals surface area contributed by atoms with Gasteiger partial charge in [0.2, 0.25) is 0 Å². The van der Waals surface area contributed by atoms with Crippen molar-refractivity contribution >= 4 is 0 Å². The number of hydrogen-bond acceptors (Lipinski definition) is 6. The molecule has 0 aliphatic carbocycles. The highest BCUT2D eigenvalue weighted by molar-refractivity contribution is 5.64. The summed E-state index contributed by atoms with van der Waals surface area (Å²) >= 11 is 0. The number of methoxy groups -OCH3 is 1. The Balaban J connectivity index is 0.000000215. The quantitative estimate of drug-likeness (QED) is 0.458. The molecule has 0 saturated heterocycles. The zero-order chi connectivity index (χ0) is 21.6. The fourth-order valence-corrected chi connectivity index (χ4v) is 2.91. The molecule has 160 valence electrons. The van der Waals surface area contributed by atoms with E-state index in [1.807, 2.05) is 42.5 Å². The van der Waals surface area contributed by atoms with E-state index in [4.69, 9.17) is 9.47 Å². The molecule has 1 unspecified atom stereocenters. The number of phenols is 1. The van der Waals surface area contributed by atoms with E-state index in [9.17, 15) is 5.11 Å². The minimum atomic E-state index is 0.222. The number of unbranched alkanes of at least 4 members (excludes halogenated alkanes) is 2. The largest absolute Gasteiger partial charge is 0.504 e. The number of aromatic nitrogens is 3. The number of nitrogens with zero attached hydrogens (tertiary/aromatic N) is 3. The van der Waals surface area contributed by atoms with E-state index in [2.05, 4.69) is 29.3 Å². The third kappa shape index (κ3) is 7.35. The van der Waals surface area contributed by atoms with E-state index in [1.54, 1.807) is 25.4 Å². The average Bonchev–Trinajstić information content (AvgIpc) is 2.81. The lowest BCUT2D eigenvalue weighted by Crippen LogP contribution is -2.15. The first-order valence-electron chi connectivity index (χ1n) is 10.4. The number of phenolic OH excluding ortho intramolecular Hbond substituents is 1. The molecule has 1 atom stereocenters. The van der Waals surface area contributed by atoms with Gasteiger partial charge in [-0.1, -0.05) is 69.2 Å². The molecule has 1 aromatic heterocycles. The summed E-state index contributed by atoms with van der Waals surface area (Å²) in [5.74, 6) is 1.47. The molecule has 6 nitrogen and oxygen atoms in total. The zero-order valence-corrected chi connectivity index (χ0v) is 18.0. The summed E-state index contributed by atoms with van der Waals surface area (Å²) in [6.45, 7) is 4.32. The SMILES string of the molecule is CCCCCC(CC)Oc1ccccc1O.COc1cnnnc1-c1ccccc1. The molecule has 0 aliphatic rings. The van der Waals surface area contributed by atoms with Crippen LogP contribution in [0.1, 0.15) is 46.0 Å². The minimum absolute atomic E-state index is 0.222. The van der Waals surface area contributed by atoms with E-state index < -0.39 is 0 Å². The van der Waals surface area contributed by atoms with Gasteiger partial charge in [-0.05, 0) is 36.6 Å². The van der Waals surface area contributed by atoms with Crippen LogP contribution in [0.2, 0.25) is 0 Å². The summed E-state index contributed by atoms with van der Waals surface area (Å²) in [7, 11) is 1.59. The first kappa shape index (κ1) is 23.1. The van der Waals surface area contributed by atoms with Crippen molar-refractivity contribution in [3.63, 3.8) is 0 Å². The van der Waals surface area contributed by atoms with E-state index >= 15 is 0 Å². The van der Waals surface area contributed by atoms with Gasteiger partial charge in [0.1, 0.15) is 5.69 Å². The van der Waals surface area contributed by atoms with E-state index in [0.717, 1.165) is 18.4 Å². The number of hydrogen-bond donors (Lipinski definition) is 1. The molecule has 0 bridgehead atoms. The molecule has 0 amide bonds. The first-order valence-corrected chi connectivity index (χ1v) is 10.4. The highest BCUT2D eigenvalue weighted by atomic mass is 16.5. The van der Waals surface area contributed by atoms with Crippen LogP contribution in [0, 0.1) is 0 Å². The van der Waals surface area contributed by atoms with E-state index in [1.165, 1.54) is 19.3 Å². The van der Waals surface area contributed by atoms with Gasteiger partial charge in [0.25, 0.3) is 0 Å². The van der Waals surface area contributed by atoms with Gasteiger partial charge in [0.15, 0.2) is 17.2 Å². The van der Waals surface area contributed by atoms with Gasteiger partial charge >= 0.3 is 0 Å². The Hall–Kier alpha value is -3.15. The van der Waals surface area contributed by atoms with Crippen LogP contribution in [0.3, 0.4) is 0 Å². The van der Waals surface area contributed by atoms with Crippen LogP contribution in [0.5, 0.6) is 17.2 Å². The van der Waals surface area contributed by atoms with Crippen molar-refractivity contribution in [3.8, 4) is 28.5 Å². The summed E-state index contributed by atoms with van der Waals surface area (Å²) in [4.78, 5) is 0. The molecule has 6 heteroatoms. The van der Waals surface area contributed by atoms with Crippen molar-refractivity contribution < 1.29 is 14.6 Å². The summed E-state index contributed by atoms with van der Waals surface area (Å²) in [5, 5.41) is 20.8. The lowest BCUT2D eigenvalue weighted by atomic mass is 10.1. The van der Waals surface area contributed by atoms with E-state index in [0.29, 0.717) is 17.2 Å². The molecule has 0 spiro atoms. The number of aromatic hydroxyl groups is 1. The average molecular weight is 410 g/mol. The molecule has 1 heterocycles. The number of para-hydroxylation sites is 2. The summed E-state index contributed by atoms with van der Waals surface area (Å²) in [6.07, 6.45) is 7.50. The molecule has 3 aromatic rings. The topological polar surface area (TPSA) is 77.4 Å². The second kappa shape index (κ2) is 13.1. The Labute approximate surface area is 178 Å². The fourth-order valence-electron chi connectivity index (χ4n) is 2.91. The molecule has 0 aliphatic heterocycles. The third-order valence-electron chi connectivity index (χ3n) is 4.62. The molecule has 0 radical (unpaired) electrons. The monoisotopic (exact) mass is 409 g/mol. The second-order valence-electron chi connectivity index (χ2n) is 6.83. The van der Waals surface area contributed by atoms with Gasteiger partial charge in [-0.15, -0.1) is 10.2 Å². The van der Waals surface area contributed by atoms with Crippen molar-refractivity contribution in [2.45, 2.75) is 52.1 Å². The Morgan fingerprint density at radius 1 is 0.933 bits per heavy atom. The predicted octanol–water partition coefficient (Wildman–Crippen LogP) is 5.68. The molecule has 2 aromatic carbocycles. The molecular weight excluding hydrogens is 378 g/mol. The fraction of sp³-hybridized carbons (Fsp3) is 0.375. The van der Waals surface area contributed by atoms with Crippen molar-refractivity contribution in [2.75, 3.05) is 7.11 Å². The molecule has 30 heavy (non-hydrogen) atoms. The second-order valence-corrected chi connectivity index (χ2v) is 6.83. The van der Waals surface area contributed by atoms with Gasteiger partial charge in [0.05, 0.1) is 19.4 Å². The predicted molar refractivity (Wildman–Crippen MR) is 119 cm³/mol. The van der Waals surface area contributed by atoms with Gasteiger partial charge < -0.3 is 14.6 Å². The van der Waals surface area contributed by atoms with Gasteiger partial charge in [-0.3, -0.25) is 0 Å². The molecule has 0 saturated carbocycles. The first-order chi connectivity index (χ1) is 14.7. The molecular formula is C24H31N3O3. The smallest absolute Gasteiger partial charge is 0.167 e. The van der Waals surface area contributed by atoms with Gasteiger partial charge in [-0.2, -0.15) is 0 Å². The Morgan fingerprint density at radius 2 is 1.67 bits per heavy atom. The summed E-state index contributed by atoms with van der Waals surface area (Å²) < 4.78 is 10.9. The minimum Gasteiger partial charge on any atom is -0.504 e. The Bertz CT molecular complexity index is 859. The van der Waals surface area contributed by atoms with Crippen LogP contribution >= 0.6 is 0 Å². The van der Waals surface area contributed by atoms with Crippen LogP contribution in [0.25, 0.3) is 11.3 Å². The van der Waals surface area contributed by atoms with Crippen LogP contribution in [-0.4, -0.2) is 33.7 Å². The van der Waals surface area contributed by atoms with Crippen molar-refractivity contribution in [1.82, 2.24) is 15.4 Å². The lowest BCUT2D eigenvalue weighted by molar-refractivity contribution is 0.176. The Morgan fingerprint density at radius 3 is 2.33 bits per heavy atom. The van der Waals surface area contributed by atoms with Gasteiger partial charge in [0, 0.05) is 5.56 Å². The highest BCUT2D eigenvalue weighted by Crippen LogP contribution is 2.27. The van der Waals surface area contributed by atoms with Crippen molar-refractivity contribution in [3.05, 3.63) is 60.8 Å². The normalized spacial score (nSPS) is 11.2. The maximum Gasteiger partial charge on any atom is 0.167 e. The lowest BCUT2D eigenvalue weighted by Gasteiger charge is -2.18. The molecule has 1 N–H and O–H groups in total. The van der Waals surface area contributed by atoms with Crippen molar-refractivity contribution in [2.24, 2.45) is 0 Å². The highest BCUT2D eigenvalue weighted by Gasteiger charge is 2.10. The maximum absolute atomic E-state index is 9.60. The van der Waals surface area contributed by atoms with Crippen molar-refractivity contribution in [1.29, 1.82) is 0 Å². The third-order valence-corrected chi connectivity index (χ3v) is 4.62. The number of rotatable bonds is 9. The standard InChI is InChI=1S/C14H22O2.C10H9N3O/c1-3-5-6-9-12(4-2)16-14-11-8-7-10-13(14)15;1-14-9-7-11-13-12-10(9)8-5-3-2-4-6-8/h7-8,10-12,15H,3-6,9H2,1-2H3;2-7H,1H3. The maximum atomic E-state index is 9.60. The van der Waals surface area contributed by atoms with Crippen LogP contribution in [-0.2, 0) is 0 Å². The number of ether oxygens (including phenoxy) is 2. The van der Waals surface area contributed by atoms with Crippen LogP contribution in [0.4, 0.5) is 0 Å².